The fourth-order valence-electron chi connectivity index (χ4n) is 1.20. The number of nitrogens with zero attached hydrogens (tertiary/aromatic N) is 1. The van der Waals surface area contributed by atoms with Crippen molar-refractivity contribution in [3.63, 3.8) is 0 Å². The Labute approximate surface area is 97.3 Å². The first-order chi connectivity index (χ1) is 6.27. The van der Waals surface area contributed by atoms with Gasteiger partial charge in [-0.1, -0.05) is 30.3 Å². The number of amidine groups is 1. The quantitative estimate of drug-likeness (QED) is 0.660. The summed E-state index contributed by atoms with van der Waals surface area (Å²) in [6.07, 6.45) is -0.652. The van der Waals surface area contributed by atoms with Crippen molar-refractivity contribution >= 4 is 35.0 Å². The van der Waals surface area contributed by atoms with E-state index in [2.05, 4.69) is 4.99 Å². The van der Waals surface area contributed by atoms with E-state index in [4.69, 9.17) is 10.5 Å². The molecule has 14 heavy (non-hydrogen) atoms. The molecule has 1 aliphatic rings. The van der Waals surface area contributed by atoms with E-state index in [1.54, 1.807) is 12.1 Å². The van der Waals surface area contributed by atoms with Gasteiger partial charge in [-0.15, -0.1) is 0 Å². The van der Waals surface area contributed by atoms with Crippen molar-refractivity contribution in [1.29, 1.82) is 0 Å². The predicted octanol–water partition coefficient (Wildman–Crippen LogP) is 0.218. The molecule has 0 aromatic heterocycles. The Kier molecular flexibility index (Phi) is 3.48. The van der Waals surface area contributed by atoms with Crippen molar-refractivity contribution < 1.29 is 9.53 Å². The number of hydrogen-bond acceptors (Lipinski definition) is 3. The molecule has 2 rings (SSSR count). The molecule has 5 heteroatoms. The third-order valence-corrected chi connectivity index (χ3v) is 1.79. The molecule has 4 nitrogen and oxygen atoms in total. The molecule has 0 spiro atoms. The molecule has 0 fully saturated rings. The first-order valence-corrected chi connectivity index (χ1v) is 3.87. The molecule has 66 valence electrons. The summed E-state index contributed by atoms with van der Waals surface area (Å²) >= 11 is 0. The number of ether oxygens (including phenoxy) is 1. The maximum Gasteiger partial charge on any atom is 2.00 e. The van der Waals surface area contributed by atoms with Crippen LogP contribution < -0.4 is 5.73 Å². The second kappa shape index (κ2) is 4.43. The third kappa shape index (κ3) is 2.05. The molecule has 2 N–H and O–H groups in total. The number of amides is 1. The Morgan fingerprint density at radius 2 is 1.93 bits per heavy atom. The van der Waals surface area contributed by atoms with Crippen molar-refractivity contribution in [3.8, 4) is 0 Å². The molecule has 1 atom stereocenters. The number of aliphatic imine (C=N–C) groups is 1. The van der Waals surface area contributed by atoms with Crippen LogP contribution in [0.5, 0.6) is 0 Å². The predicted molar refractivity (Wildman–Crippen MR) is 52.7 cm³/mol. The topological polar surface area (TPSA) is 64.7 Å². The van der Waals surface area contributed by atoms with Gasteiger partial charge in [0.05, 0.1) is 0 Å². The van der Waals surface area contributed by atoms with E-state index in [0.717, 1.165) is 5.56 Å². The van der Waals surface area contributed by atoms with Crippen LogP contribution in [0.15, 0.2) is 35.3 Å². The number of rotatable bonds is 1. The Balaban J connectivity index is 0.000000980. The van der Waals surface area contributed by atoms with E-state index < -0.39 is 6.10 Å². The molecule has 1 aromatic rings. The number of carbonyl (C=O) groups is 1. The first kappa shape index (κ1) is 11.0. The van der Waals surface area contributed by atoms with Gasteiger partial charge in [-0.2, -0.15) is 4.99 Å². The third-order valence-electron chi connectivity index (χ3n) is 1.79. The Hall–Kier alpha value is -1.07. The van der Waals surface area contributed by atoms with Crippen molar-refractivity contribution in [1.82, 2.24) is 0 Å². The summed E-state index contributed by atoms with van der Waals surface area (Å²) in [5.41, 5.74) is 6.03. The van der Waals surface area contributed by atoms with Crippen LogP contribution in [0.2, 0.25) is 0 Å². The minimum Gasteiger partial charge on any atom is -0.447 e. The van der Waals surface area contributed by atoms with E-state index in [0.29, 0.717) is 0 Å². The van der Waals surface area contributed by atoms with Crippen molar-refractivity contribution in [2.24, 2.45) is 10.7 Å². The Morgan fingerprint density at radius 1 is 1.29 bits per heavy atom. The van der Waals surface area contributed by atoms with Crippen LogP contribution in [-0.4, -0.2) is 35.0 Å². The normalized spacial score (nSPS) is 19.6. The second-order valence-corrected chi connectivity index (χ2v) is 2.70. The second-order valence-electron chi connectivity index (χ2n) is 2.70. The molecule has 1 heterocycles. The van der Waals surface area contributed by atoms with Crippen molar-refractivity contribution in [2.75, 3.05) is 0 Å². The minimum atomic E-state index is -0.652. The zero-order chi connectivity index (χ0) is 9.26. The molecule has 0 bridgehead atoms. The van der Waals surface area contributed by atoms with Crippen LogP contribution in [0.1, 0.15) is 11.7 Å². The van der Waals surface area contributed by atoms with Gasteiger partial charge in [-0.25, -0.2) is 0 Å². The molecule has 1 amide bonds. The summed E-state index contributed by atoms with van der Waals surface area (Å²) in [7, 11) is 0. The zero-order valence-corrected chi connectivity index (χ0v) is 8.93. The van der Waals surface area contributed by atoms with Crippen LogP contribution in [0.25, 0.3) is 0 Å². The number of carbonyl (C=O) groups excluding carboxylic acids is 1. The summed E-state index contributed by atoms with van der Waals surface area (Å²) < 4.78 is 5.04. The van der Waals surface area contributed by atoms with Crippen molar-refractivity contribution in [2.45, 2.75) is 6.10 Å². The SMILES string of the molecule is NC1=NC(=O)C(c2ccccc2)O1.[Mg+2]. The largest absolute Gasteiger partial charge is 2.00 e. The molecule has 0 aliphatic carbocycles. The molecular formula is C9H8MgN2O2+2. The molecule has 1 unspecified atom stereocenters. The van der Waals surface area contributed by atoms with Gasteiger partial charge >= 0.3 is 23.1 Å². The summed E-state index contributed by atoms with van der Waals surface area (Å²) in [6, 6.07) is 9.08. The summed E-state index contributed by atoms with van der Waals surface area (Å²) in [5.74, 6) is -0.344. The number of benzene rings is 1. The van der Waals surface area contributed by atoms with Crippen LogP contribution in [0.3, 0.4) is 0 Å². The number of nitrogens with two attached hydrogens (primary N) is 1. The molecule has 1 aromatic carbocycles. The average molecular weight is 200 g/mol. The molecule has 0 saturated carbocycles. The maximum atomic E-state index is 11.2. The molecular weight excluding hydrogens is 192 g/mol. The van der Waals surface area contributed by atoms with E-state index >= 15 is 0 Å². The van der Waals surface area contributed by atoms with Crippen molar-refractivity contribution in [3.05, 3.63) is 35.9 Å². The smallest absolute Gasteiger partial charge is 0.447 e. The van der Waals surface area contributed by atoms with E-state index in [-0.39, 0.29) is 35.0 Å². The maximum absolute atomic E-state index is 11.2. The van der Waals surface area contributed by atoms with Gasteiger partial charge in [0.25, 0.3) is 11.9 Å². The van der Waals surface area contributed by atoms with Crippen LogP contribution in [0.4, 0.5) is 0 Å². The Morgan fingerprint density at radius 3 is 2.43 bits per heavy atom. The van der Waals surface area contributed by atoms with Gasteiger partial charge in [-0.3, -0.25) is 4.79 Å². The minimum absolute atomic E-state index is 0. The van der Waals surface area contributed by atoms with E-state index in [9.17, 15) is 4.79 Å². The van der Waals surface area contributed by atoms with Gasteiger partial charge < -0.3 is 10.5 Å². The monoisotopic (exact) mass is 200 g/mol. The van der Waals surface area contributed by atoms with Crippen LogP contribution >= 0.6 is 0 Å². The molecule has 0 saturated heterocycles. The van der Waals surface area contributed by atoms with Gasteiger partial charge in [0.1, 0.15) is 0 Å². The van der Waals surface area contributed by atoms with Gasteiger partial charge in [-0.05, 0) is 0 Å². The summed E-state index contributed by atoms with van der Waals surface area (Å²) in [5, 5.41) is 0. The van der Waals surface area contributed by atoms with Crippen LogP contribution in [0, 0.1) is 0 Å². The fourth-order valence-corrected chi connectivity index (χ4v) is 1.20. The standard InChI is InChI=1S/C9H8N2O2.Mg/c10-9-11-8(12)7(13-9)6-4-2-1-3-5-6;/h1-5,7H,(H2,10,11,12);/q;+2. The average Bonchev–Trinajstić information content (AvgIpc) is 2.47. The van der Waals surface area contributed by atoms with Crippen LogP contribution in [-0.2, 0) is 9.53 Å². The Bertz CT molecular complexity index is 364. The first-order valence-electron chi connectivity index (χ1n) is 3.87. The van der Waals surface area contributed by atoms with Gasteiger partial charge in [0.15, 0.2) is 0 Å². The van der Waals surface area contributed by atoms with E-state index in [1.165, 1.54) is 0 Å². The van der Waals surface area contributed by atoms with Gasteiger partial charge in [0.2, 0.25) is 6.10 Å². The summed E-state index contributed by atoms with van der Waals surface area (Å²) in [6.45, 7) is 0. The molecule has 1 aliphatic heterocycles. The molecule has 0 radical (unpaired) electrons. The summed E-state index contributed by atoms with van der Waals surface area (Å²) in [4.78, 5) is 14.7. The number of hydrogen-bond donors (Lipinski definition) is 1. The van der Waals surface area contributed by atoms with E-state index in [1.807, 2.05) is 18.2 Å². The fraction of sp³-hybridized carbons (Fsp3) is 0.111. The van der Waals surface area contributed by atoms with Gasteiger partial charge in [0, 0.05) is 5.56 Å². The zero-order valence-electron chi connectivity index (χ0n) is 7.51.